The van der Waals surface area contributed by atoms with E-state index < -0.39 is 9.84 Å². The number of benzene rings is 3. The number of sulfone groups is 1. The molecule has 0 saturated carbocycles. The first-order valence-electron chi connectivity index (χ1n) is 8.89. The second kappa shape index (κ2) is 16.5. The molecule has 0 radical (unpaired) electrons. The average molecular weight is 560 g/mol. The molecular weight excluding hydrogens is 544 g/mol. The molecule has 0 aliphatic rings. The van der Waals surface area contributed by atoms with Crippen molar-refractivity contribution in [2.24, 2.45) is 10.2 Å². The van der Waals surface area contributed by atoms with Gasteiger partial charge in [-0.05, 0) is 47.9 Å². The zero-order chi connectivity index (χ0) is 23.7. The third-order valence-corrected chi connectivity index (χ3v) is 6.79. The summed E-state index contributed by atoms with van der Waals surface area (Å²) in [6, 6.07) is 14.4. The Hall–Kier alpha value is -0.310. The van der Waals surface area contributed by atoms with Crippen molar-refractivity contribution in [3.05, 3.63) is 54.6 Å². The van der Waals surface area contributed by atoms with Crippen LogP contribution in [0.25, 0.3) is 10.8 Å². The van der Waals surface area contributed by atoms with Crippen molar-refractivity contribution in [1.82, 2.24) is 0 Å². The molecule has 0 aliphatic carbocycles. The third-order valence-electron chi connectivity index (χ3n) is 4.15. The van der Waals surface area contributed by atoms with Gasteiger partial charge < -0.3 is 16.2 Å². The molecule has 2 N–H and O–H groups in total. The molecule has 0 aromatic heterocycles. The number of anilines is 1. The van der Waals surface area contributed by atoms with Crippen LogP contribution in [0.1, 0.15) is 0 Å². The molecule has 0 atom stereocenters. The summed E-state index contributed by atoms with van der Waals surface area (Å²) < 4.78 is 37.6. The molecule has 17 heteroatoms. The topological polar surface area (TPSA) is 177 Å². The summed E-state index contributed by atoms with van der Waals surface area (Å²) in [6.45, 7) is -0.214. The molecule has 3 aromatic carbocycles. The summed E-state index contributed by atoms with van der Waals surface area (Å²) in [4.78, 5) is 0.702. The maximum absolute atomic E-state index is 12.3. The molecule has 3 aromatic rings. The molecule has 0 fully saturated rings. The minimum atomic E-state index is -3.62. The molecule has 0 saturated heterocycles. The molecular formula is C18H15N3Na2O9S3. The largest absolute Gasteiger partial charge is 1.00 e. The van der Waals surface area contributed by atoms with Crippen molar-refractivity contribution in [3.8, 4) is 0 Å². The molecule has 0 bridgehead atoms. The van der Waals surface area contributed by atoms with Gasteiger partial charge in [-0.15, -0.1) is 9.45 Å². The van der Waals surface area contributed by atoms with E-state index in [-0.39, 0.29) is 88.7 Å². The van der Waals surface area contributed by atoms with E-state index in [1.807, 2.05) is 0 Å². The minimum absolute atomic E-state index is 0. The van der Waals surface area contributed by atoms with Crippen molar-refractivity contribution in [2.75, 3.05) is 18.1 Å². The predicted octanol–water partition coefficient (Wildman–Crippen LogP) is -3.35. The first-order chi connectivity index (χ1) is 15.9. The van der Waals surface area contributed by atoms with Crippen molar-refractivity contribution >= 4 is 62.0 Å². The quantitative estimate of drug-likeness (QED) is 0.0444. The van der Waals surface area contributed by atoms with Crippen LogP contribution in [-0.2, 0) is 32.8 Å². The number of azo groups is 1. The fourth-order valence-electron chi connectivity index (χ4n) is 2.68. The maximum Gasteiger partial charge on any atom is 1.00 e. The summed E-state index contributed by atoms with van der Waals surface area (Å²) in [7, 11) is -3.62. The molecule has 0 spiro atoms. The number of hydrogen-bond acceptors (Lipinski definition) is 14. The van der Waals surface area contributed by atoms with Crippen molar-refractivity contribution in [1.29, 1.82) is 0 Å². The van der Waals surface area contributed by atoms with Crippen molar-refractivity contribution < 1.29 is 101 Å². The molecule has 0 heterocycles. The van der Waals surface area contributed by atoms with Gasteiger partial charge in [-0.3, -0.25) is 14.3 Å². The van der Waals surface area contributed by atoms with Crippen LogP contribution in [0.4, 0.5) is 17.1 Å². The third kappa shape index (κ3) is 9.82. The van der Waals surface area contributed by atoms with E-state index in [9.17, 15) is 18.9 Å². The Morgan fingerprint density at radius 2 is 1.63 bits per heavy atom. The Morgan fingerprint density at radius 3 is 2.31 bits per heavy atom. The van der Waals surface area contributed by atoms with E-state index >= 15 is 0 Å². The molecule has 35 heavy (non-hydrogen) atoms. The Bertz CT molecular complexity index is 1220. The SMILES string of the molecule is Nc1ccc2cc(SOO[O-])ccc2c1N=Nc1ccc(S(=O)(=O)CCOSOO[O-])cc1.[Na+].[Na+]. The van der Waals surface area contributed by atoms with Crippen LogP contribution in [0, 0.1) is 0 Å². The zero-order valence-corrected chi connectivity index (χ0v) is 24.9. The fourth-order valence-corrected chi connectivity index (χ4v) is 4.49. The molecule has 0 aliphatic heterocycles. The van der Waals surface area contributed by atoms with E-state index in [4.69, 9.17) is 9.92 Å². The smallest absolute Gasteiger partial charge is 0.691 e. The number of hydrogen-bond donors (Lipinski definition) is 1. The Balaban J connectivity index is 0.00000306. The van der Waals surface area contributed by atoms with Gasteiger partial charge in [-0.25, -0.2) is 8.42 Å². The molecule has 0 amide bonds. The van der Waals surface area contributed by atoms with Gasteiger partial charge in [0.25, 0.3) is 0 Å². The van der Waals surface area contributed by atoms with Crippen LogP contribution in [0.3, 0.4) is 0 Å². The van der Waals surface area contributed by atoms with Gasteiger partial charge in [0.05, 0.1) is 40.7 Å². The second-order valence-corrected chi connectivity index (χ2v) is 9.54. The monoisotopic (exact) mass is 559 g/mol. The van der Waals surface area contributed by atoms with Gasteiger partial charge in [0, 0.05) is 10.3 Å². The van der Waals surface area contributed by atoms with E-state index in [1.54, 1.807) is 30.3 Å². The van der Waals surface area contributed by atoms with Crippen LogP contribution < -0.4 is 75.4 Å². The van der Waals surface area contributed by atoms with Crippen LogP contribution in [-0.4, -0.2) is 20.8 Å². The van der Waals surface area contributed by atoms with Gasteiger partial charge in [0.1, 0.15) is 5.69 Å². The van der Waals surface area contributed by atoms with E-state index in [1.165, 1.54) is 24.3 Å². The first kappa shape index (κ1) is 32.7. The average Bonchev–Trinajstić information content (AvgIpc) is 2.82. The van der Waals surface area contributed by atoms with E-state index in [2.05, 4.69) is 29.0 Å². The van der Waals surface area contributed by atoms with Crippen LogP contribution >= 0.6 is 24.4 Å². The number of fused-ring (bicyclic) bond motifs is 1. The zero-order valence-electron chi connectivity index (χ0n) is 18.5. The van der Waals surface area contributed by atoms with E-state index in [0.29, 0.717) is 22.0 Å². The van der Waals surface area contributed by atoms with Crippen LogP contribution in [0.15, 0.2) is 74.6 Å². The number of rotatable bonds is 12. The summed E-state index contributed by atoms with van der Waals surface area (Å²) >= 11 is 1.00. The van der Waals surface area contributed by atoms with Gasteiger partial charge >= 0.3 is 59.1 Å². The Labute approximate surface area is 253 Å². The van der Waals surface area contributed by atoms with E-state index in [0.717, 1.165) is 22.8 Å². The molecule has 0 unspecified atom stereocenters. The predicted molar refractivity (Wildman–Crippen MR) is 115 cm³/mol. The summed E-state index contributed by atoms with van der Waals surface area (Å²) in [6.07, 6.45) is 0. The normalized spacial score (nSPS) is 11.4. The summed E-state index contributed by atoms with van der Waals surface area (Å²) in [5.41, 5.74) is 7.29. The van der Waals surface area contributed by atoms with Crippen LogP contribution in [0.2, 0.25) is 0 Å². The maximum atomic E-state index is 12.3. The van der Waals surface area contributed by atoms with Gasteiger partial charge in [0.15, 0.2) is 22.2 Å². The van der Waals surface area contributed by atoms with Crippen LogP contribution in [0.5, 0.6) is 0 Å². The first-order valence-corrected chi connectivity index (χ1v) is 12.0. The fraction of sp³-hybridized carbons (Fsp3) is 0.111. The summed E-state index contributed by atoms with van der Waals surface area (Å²) in [5, 5.41) is 35.9. The number of nitrogens with two attached hydrogens (primary N) is 1. The minimum Gasteiger partial charge on any atom is -0.691 e. The Morgan fingerprint density at radius 1 is 0.914 bits per heavy atom. The summed E-state index contributed by atoms with van der Waals surface area (Å²) in [5.74, 6) is -0.331. The second-order valence-electron chi connectivity index (χ2n) is 6.14. The molecule has 176 valence electrons. The number of nitrogen functional groups attached to an aromatic ring is 1. The Kier molecular flexibility index (Phi) is 15.4. The standard InChI is InChI=1S/C18H17N3O9S3.2Na/c19-17-8-1-12-11-14(31-29-27-22)4-7-16(12)18(17)21-20-13-2-5-15(6-3-13)33(24,25)10-9-26-32-30-28-23;;/h1-8,11,22-23H,9-10,19H2;;/q;2*+1/p-2. The van der Waals surface area contributed by atoms with Crippen molar-refractivity contribution in [2.45, 2.75) is 9.79 Å². The number of nitrogens with zero attached hydrogens (tertiary/aromatic N) is 2. The molecule has 12 nitrogen and oxygen atoms in total. The van der Waals surface area contributed by atoms with Crippen molar-refractivity contribution in [3.63, 3.8) is 0 Å². The van der Waals surface area contributed by atoms with Gasteiger partial charge in [0.2, 0.25) is 0 Å². The van der Waals surface area contributed by atoms with Gasteiger partial charge in [-0.2, -0.15) is 9.45 Å². The molecule has 3 rings (SSSR count). The van der Waals surface area contributed by atoms with Gasteiger partial charge in [-0.1, -0.05) is 12.1 Å².